The SMILES string of the molecule is COc1cc(C[NH2+]CCc2ccc(F)cc2)cc(OC)c1OC. The number of nitrogens with two attached hydrogens (primary N) is 1. The molecule has 0 saturated heterocycles. The Kier molecular flexibility index (Phi) is 6.23. The molecule has 0 aliphatic carbocycles. The Morgan fingerprint density at radius 3 is 2.00 bits per heavy atom. The topological polar surface area (TPSA) is 44.3 Å². The molecular formula is C18H23FNO3+. The lowest BCUT2D eigenvalue weighted by molar-refractivity contribution is -0.670. The van der Waals surface area contributed by atoms with Gasteiger partial charge in [-0.15, -0.1) is 0 Å². The van der Waals surface area contributed by atoms with Crippen LogP contribution in [-0.4, -0.2) is 27.9 Å². The van der Waals surface area contributed by atoms with E-state index in [9.17, 15) is 4.39 Å². The molecule has 0 bridgehead atoms. The molecule has 2 rings (SSSR count). The Bertz CT molecular complexity index is 604. The van der Waals surface area contributed by atoms with Crippen LogP contribution in [0.2, 0.25) is 0 Å². The van der Waals surface area contributed by atoms with Crippen LogP contribution in [0, 0.1) is 5.82 Å². The molecule has 0 amide bonds. The van der Waals surface area contributed by atoms with Crippen LogP contribution in [0.25, 0.3) is 0 Å². The Morgan fingerprint density at radius 1 is 0.870 bits per heavy atom. The summed E-state index contributed by atoms with van der Waals surface area (Å²) in [5, 5.41) is 2.20. The average molecular weight is 320 g/mol. The molecule has 4 nitrogen and oxygen atoms in total. The monoisotopic (exact) mass is 320 g/mol. The molecule has 5 heteroatoms. The van der Waals surface area contributed by atoms with Crippen molar-refractivity contribution in [2.75, 3.05) is 27.9 Å². The lowest BCUT2D eigenvalue weighted by Crippen LogP contribution is -2.83. The number of hydrogen-bond acceptors (Lipinski definition) is 3. The quantitative estimate of drug-likeness (QED) is 0.758. The maximum Gasteiger partial charge on any atom is 0.203 e. The second kappa shape index (κ2) is 8.39. The van der Waals surface area contributed by atoms with E-state index in [4.69, 9.17) is 14.2 Å². The zero-order valence-electron chi connectivity index (χ0n) is 13.8. The van der Waals surface area contributed by atoms with Crippen LogP contribution in [0.5, 0.6) is 17.2 Å². The molecule has 0 fully saturated rings. The number of benzene rings is 2. The van der Waals surface area contributed by atoms with E-state index < -0.39 is 0 Å². The molecule has 0 radical (unpaired) electrons. The third-order valence-electron chi connectivity index (χ3n) is 3.65. The lowest BCUT2D eigenvalue weighted by Gasteiger charge is -2.13. The van der Waals surface area contributed by atoms with Crippen LogP contribution < -0.4 is 19.5 Å². The highest BCUT2D eigenvalue weighted by Crippen LogP contribution is 2.37. The molecule has 0 aliphatic heterocycles. The minimum absolute atomic E-state index is 0.199. The fourth-order valence-corrected chi connectivity index (χ4v) is 2.44. The van der Waals surface area contributed by atoms with Gasteiger partial charge in [-0.3, -0.25) is 0 Å². The van der Waals surface area contributed by atoms with Crippen molar-refractivity contribution in [2.45, 2.75) is 13.0 Å². The van der Waals surface area contributed by atoms with E-state index >= 15 is 0 Å². The predicted octanol–water partition coefficient (Wildman–Crippen LogP) is 2.16. The molecule has 124 valence electrons. The molecule has 0 spiro atoms. The zero-order chi connectivity index (χ0) is 16.7. The first-order valence-electron chi connectivity index (χ1n) is 7.53. The van der Waals surface area contributed by atoms with Crippen molar-refractivity contribution >= 4 is 0 Å². The molecule has 0 unspecified atom stereocenters. The maximum atomic E-state index is 12.9. The zero-order valence-corrected chi connectivity index (χ0v) is 13.8. The Balaban J connectivity index is 1.93. The van der Waals surface area contributed by atoms with Crippen molar-refractivity contribution in [3.05, 3.63) is 53.3 Å². The van der Waals surface area contributed by atoms with Crippen LogP contribution >= 0.6 is 0 Å². The Hall–Kier alpha value is -2.27. The summed E-state index contributed by atoms with van der Waals surface area (Å²) in [6, 6.07) is 10.5. The molecule has 2 aromatic rings. The van der Waals surface area contributed by atoms with Gasteiger partial charge >= 0.3 is 0 Å². The molecule has 2 N–H and O–H groups in total. The van der Waals surface area contributed by atoms with Gasteiger partial charge in [0.05, 0.1) is 27.9 Å². The maximum absolute atomic E-state index is 12.9. The molecule has 2 aromatic carbocycles. The fraction of sp³-hybridized carbons (Fsp3) is 0.333. The highest BCUT2D eigenvalue weighted by molar-refractivity contribution is 5.53. The summed E-state index contributed by atoms with van der Waals surface area (Å²) >= 11 is 0. The van der Waals surface area contributed by atoms with Crippen LogP contribution in [0.4, 0.5) is 4.39 Å². The Morgan fingerprint density at radius 2 is 1.48 bits per heavy atom. The summed E-state index contributed by atoms with van der Waals surface area (Å²) in [6.45, 7) is 1.72. The number of halogens is 1. The number of rotatable bonds is 8. The third kappa shape index (κ3) is 4.60. The molecule has 0 aromatic heterocycles. The van der Waals surface area contributed by atoms with Gasteiger partial charge in [-0.1, -0.05) is 12.1 Å². The fourth-order valence-electron chi connectivity index (χ4n) is 2.44. The first-order valence-corrected chi connectivity index (χ1v) is 7.53. The standard InChI is InChI=1S/C18H22FNO3/c1-21-16-10-14(11-17(22-2)18(16)23-3)12-20-9-8-13-4-6-15(19)7-5-13/h4-7,10-11,20H,8-9,12H2,1-3H3/p+1. The average Bonchev–Trinajstić information content (AvgIpc) is 2.59. The summed E-state index contributed by atoms with van der Waals surface area (Å²) in [7, 11) is 4.81. The van der Waals surface area contributed by atoms with Gasteiger partial charge in [0.2, 0.25) is 5.75 Å². The number of methoxy groups -OCH3 is 3. The number of hydrogen-bond donors (Lipinski definition) is 1. The minimum Gasteiger partial charge on any atom is -0.493 e. The van der Waals surface area contributed by atoms with E-state index in [1.165, 1.54) is 12.1 Å². The van der Waals surface area contributed by atoms with Crippen LogP contribution in [0.15, 0.2) is 36.4 Å². The lowest BCUT2D eigenvalue weighted by atomic mass is 10.1. The molecule has 0 atom stereocenters. The molecule has 0 aliphatic rings. The summed E-state index contributed by atoms with van der Waals surface area (Å²) < 4.78 is 28.9. The van der Waals surface area contributed by atoms with Gasteiger partial charge in [0.25, 0.3) is 0 Å². The highest BCUT2D eigenvalue weighted by Gasteiger charge is 2.13. The van der Waals surface area contributed by atoms with Crippen molar-refractivity contribution in [2.24, 2.45) is 0 Å². The van der Waals surface area contributed by atoms with E-state index in [2.05, 4.69) is 5.32 Å². The minimum atomic E-state index is -0.199. The summed E-state index contributed by atoms with van der Waals surface area (Å²) in [6.07, 6.45) is 0.894. The molecular weight excluding hydrogens is 297 g/mol. The number of quaternary nitrogens is 1. The summed E-state index contributed by atoms with van der Waals surface area (Å²) in [5.74, 6) is 1.72. The van der Waals surface area contributed by atoms with E-state index in [1.54, 1.807) is 21.3 Å². The molecule has 0 heterocycles. The van der Waals surface area contributed by atoms with Gasteiger partial charge in [-0.05, 0) is 29.8 Å². The first kappa shape index (κ1) is 17.1. The second-order valence-corrected chi connectivity index (χ2v) is 5.19. The largest absolute Gasteiger partial charge is 0.493 e. The normalized spacial score (nSPS) is 10.4. The summed E-state index contributed by atoms with van der Waals surface area (Å²) in [5.41, 5.74) is 2.23. The van der Waals surface area contributed by atoms with Gasteiger partial charge in [-0.25, -0.2) is 4.39 Å². The smallest absolute Gasteiger partial charge is 0.203 e. The van der Waals surface area contributed by atoms with Crippen LogP contribution in [0.3, 0.4) is 0 Å². The van der Waals surface area contributed by atoms with E-state index in [0.29, 0.717) is 17.2 Å². The van der Waals surface area contributed by atoms with E-state index in [-0.39, 0.29) is 5.82 Å². The summed E-state index contributed by atoms with van der Waals surface area (Å²) in [4.78, 5) is 0. The van der Waals surface area contributed by atoms with Crippen molar-refractivity contribution < 1.29 is 23.9 Å². The van der Waals surface area contributed by atoms with E-state index in [0.717, 1.165) is 30.6 Å². The van der Waals surface area contributed by atoms with Gasteiger partial charge in [0.15, 0.2) is 11.5 Å². The highest BCUT2D eigenvalue weighted by atomic mass is 19.1. The van der Waals surface area contributed by atoms with Crippen molar-refractivity contribution in [1.82, 2.24) is 0 Å². The third-order valence-corrected chi connectivity index (χ3v) is 3.65. The predicted molar refractivity (Wildman–Crippen MR) is 86.7 cm³/mol. The second-order valence-electron chi connectivity index (χ2n) is 5.19. The van der Waals surface area contributed by atoms with Gasteiger partial charge in [0.1, 0.15) is 12.4 Å². The van der Waals surface area contributed by atoms with Crippen LogP contribution in [-0.2, 0) is 13.0 Å². The molecule has 23 heavy (non-hydrogen) atoms. The van der Waals surface area contributed by atoms with Crippen molar-refractivity contribution in [3.8, 4) is 17.2 Å². The molecule has 0 saturated carbocycles. The van der Waals surface area contributed by atoms with Crippen LogP contribution in [0.1, 0.15) is 11.1 Å². The van der Waals surface area contributed by atoms with Gasteiger partial charge in [0, 0.05) is 12.0 Å². The van der Waals surface area contributed by atoms with Crippen molar-refractivity contribution in [3.63, 3.8) is 0 Å². The number of ether oxygens (including phenoxy) is 3. The first-order chi connectivity index (χ1) is 11.2. The van der Waals surface area contributed by atoms with Gasteiger partial charge in [-0.2, -0.15) is 0 Å². The Labute approximate surface area is 136 Å². The van der Waals surface area contributed by atoms with E-state index in [1.807, 2.05) is 24.3 Å². The van der Waals surface area contributed by atoms with Gasteiger partial charge < -0.3 is 19.5 Å². The van der Waals surface area contributed by atoms with Crippen molar-refractivity contribution in [1.29, 1.82) is 0 Å².